The van der Waals surface area contributed by atoms with Crippen LogP contribution < -0.4 is 10.1 Å². The van der Waals surface area contributed by atoms with Crippen LogP contribution in [-0.4, -0.2) is 18.3 Å². The van der Waals surface area contributed by atoms with E-state index in [0.717, 1.165) is 5.56 Å². The molecule has 2 N–H and O–H groups in total. The highest BCUT2D eigenvalue weighted by atomic mass is 35.5. The number of anilines is 1. The minimum Gasteiger partial charge on any atom is -0.504 e. The molecule has 2 aromatic rings. The summed E-state index contributed by atoms with van der Waals surface area (Å²) in [7, 11) is 1.41. The van der Waals surface area contributed by atoms with E-state index in [1.165, 1.54) is 19.2 Å². The second-order valence-corrected chi connectivity index (χ2v) is 4.60. The Kier molecular flexibility index (Phi) is 4.90. The maximum Gasteiger partial charge on any atom is 0.412 e. The number of phenolic OH excluding ortho intramolecular Hbond substituents is 1. The molecule has 0 unspecified atom stereocenters. The number of aromatic hydroxyl groups is 1. The molecule has 0 heterocycles. The molecule has 0 spiro atoms. The molecule has 0 atom stereocenters. The number of carbonyl (C=O) groups excluding carboxylic acids is 1. The Bertz CT molecular complexity index is 631. The summed E-state index contributed by atoms with van der Waals surface area (Å²) in [6.45, 7) is 0.145. The first-order valence-electron chi connectivity index (χ1n) is 6.14. The zero-order valence-corrected chi connectivity index (χ0v) is 12.1. The first kappa shape index (κ1) is 15.0. The predicted molar refractivity (Wildman–Crippen MR) is 79.9 cm³/mol. The predicted octanol–water partition coefficient (Wildman–Crippen LogP) is 3.80. The number of ether oxygens (including phenoxy) is 2. The third-order valence-corrected chi connectivity index (χ3v) is 3.03. The highest BCUT2D eigenvalue weighted by Crippen LogP contribution is 2.35. The molecule has 0 bridgehead atoms. The Labute approximate surface area is 127 Å². The monoisotopic (exact) mass is 307 g/mol. The van der Waals surface area contributed by atoms with E-state index in [-0.39, 0.29) is 28.8 Å². The SMILES string of the molecule is COc1cc(Cl)c(NC(=O)OCc2ccccc2)cc1O. The molecule has 0 radical (unpaired) electrons. The fourth-order valence-electron chi connectivity index (χ4n) is 1.67. The quantitative estimate of drug-likeness (QED) is 0.901. The normalized spacial score (nSPS) is 10.0. The van der Waals surface area contributed by atoms with Gasteiger partial charge in [-0.15, -0.1) is 0 Å². The third kappa shape index (κ3) is 4.03. The maximum absolute atomic E-state index is 11.7. The maximum atomic E-state index is 11.7. The van der Waals surface area contributed by atoms with Crippen molar-refractivity contribution in [2.75, 3.05) is 12.4 Å². The number of carbonyl (C=O) groups is 1. The van der Waals surface area contributed by atoms with Gasteiger partial charge in [-0.2, -0.15) is 0 Å². The Balaban J connectivity index is 1.98. The molecule has 6 heteroatoms. The van der Waals surface area contributed by atoms with E-state index in [4.69, 9.17) is 21.1 Å². The summed E-state index contributed by atoms with van der Waals surface area (Å²) >= 11 is 5.98. The minimum absolute atomic E-state index is 0.125. The number of halogens is 1. The Morgan fingerprint density at radius 2 is 2.00 bits per heavy atom. The van der Waals surface area contributed by atoms with Gasteiger partial charge in [-0.1, -0.05) is 41.9 Å². The number of amides is 1. The van der Waals surface area contributed by atoms with Crippen LogP contribution in [0.3, 0.4) is 0 Å². The molecule has 0 aliphatic heterocycles. The van der Waals surface area contributed by atoms with Crippen molar-refractivity contribution in [2.24, 2.45) is 0 Å². The van der Waals surface area contributed by atoms with E-state index in [1.54, 1.807) is 0 Å². The molecule has 0 aromatic heterocycles. The van der Waals surface area contributed by atoms with Gasteiger partial charge in [0.05, 0.1) is 17.8 Å². The highest BCUT2D eigenvalue weighted by molar-refractivity contribution is 6.33. The Morgan fingerprint density at radius 3 is 2.67 bits per heavy atom. The Hall–Kier alpha value is -2.40. The topological polar surface area (TPSA) is 67.8 Å². The van der Waals surface area contributed by atoms with Crippen molar-refractivity contribution in [3.8, 4) is 11.5 Å². The smallest absolute Gasteiger partial charge is 0.412 e. The van der Waals surface area contributed by atoms with E-state index < -0.39 is 6.09 Å². The van der Waals surface area contributed by atoms with E-state index in [2.05, 4.69) is 5.32 Å². The van der Waals surface area contributed by atoms with Crippen LogP contribution in [0.25, 0.3) is 0 Å². The molecule has 2 aromatic carbocycles. The first-order valence-corrected chi connectivity index (χ1v) is 6.52. The van der Waals surface area contributed by atoms with Crippen molar-refractivity contribution < 1.29 is 19.4 Å². The van der Waals surface area contributed by atoms with Gasteiger partial charge >= 0.3 is 6.09 Å². The van der Waals surface area contributed by atoms with Crippen molar-refractivity contribution >= 4 is 23.4 Å². The van der Waals surface area contributed by atoms with Crippen LogP contribution in [0.2, 0.25) is 5.02 Å². The lowest BCUT2D eigenvalue weighted by Crippen LogP contribution is -2.13. The molecule has 0 aliphatic carbocycles. The standard InChI is InChI=1S/C15H14ClNO4/c1-20-14-7-11(16)12(8-13(14)18)17-15(19)21-9-10-5-3-2-4-6-10/h2-8,18H,9H2,1H3,(H,17,19). The summed E-state index contributed by atoms with van der Waals surface area (Å²) in [6.07, 6.45) is -0.662. The van der Waals surface area contributed by atoms with Gasteiger partial charge in [0.25, 0.3) is 0 Å². The van der Waals surface area contributed by atoms with Crippen LogP contribution in [0.4, 0.5) is 10.5 Å². The molecular weight excluding hydrogens is 294 g/mol. The lowest BCUT2D eigenvalue weighted by Gasteiger charge is -2.11. The molecular formula is C15H14ClNO4. The summed E-state index contributed by atoms with van der Waals surface area (Å²) < 4.78 is 9.97. The van der Waals surface area contributed by atoms with Crippen LogP contribution in [0.1, 0.15) is 5.56 Å². The van der Waals surface area contributed by atoms with E-state index in [1.807, 2.05) is 30.3 Å². The summed E-state index contributed by atoms with van der Waals surface area (Å²) in [5.74, 6) is 0.100. The molecule has 0 saturated carbocycles. The zero-order chi connectivity index (χ0) is 15.2. The summed E-state index contributed by atoms with van der Waals surface area (Å²) in [5.41, 5.74) is 1.12. The zero-order valence-electron chi connectivity index (χ0n) is 11.3. The van der Waals surface area contributed by atoms with E-state index in [9.17, 15) is 9.90 Å². The molecule has 0 aliphatic rings. The second kappa shape index (κ2) is 6.85. The fraction of sp³-hybridized carbons (Fsp3) is 0.133. The average Bonchev–Trinajstić information content (AvgIpc) is 2.49. The van der Waals surface area contributed by atoms with Crippen molar-refractivity contribution in [2.45, 2.75) is 6.61 Å². The van der Waals surface area contributed by atoms with Gasteiger partial charge in [-0.05, 0) is 5.56 Å². The van der Waals surface area contributed by atoms with Crippen LogP contribution in [-0.2, 0) is 11.3 Å². The van der Waals surface area contributed by atoms with Crippen molar-refractivity contribution in [1.82, 2.24) is 0 Å². The molecule has 0 fully saturated rings. The van der Waals surface area contributed by atoms with Gasteiger partial charge in [0.2, 0.25) is 0 Å². The number of rotatable bonds is 4. The first-order chi connectivity index (χ1) is 10.1. The van der Waals surface area contributed by atoms with Crippen LogP contribution in [0, 0.1) is 0 Å². The van der Waals surface area contributed by atoms with Gasteiger partial charge in [0.1, 0.15) is 6.61 Å². The average molecular weight is 308 g/mol. The molecule has 0 saturated heterocycles. The van der Waals surface area contributed by atoms with Crippen molar-refractivity contribution in [3.05, 3.63) is 53.1 Å². The second-order valence-electron chi connectivity index (χ2n) is 4.19. The number of nitrogens with one attached hydrogen (secondary N) is 1. The lowest BCUT2D eigenvalue weighted by atomic mass is 10.2. The molecule has 2 rings (SSSR count). The molecule has 110 valence electrons. The number of benzene rings is 2. The number of phenols is 1. The van der Waals surface area contributed by atoms with Crippen LogP contribution >= 0.6 is 11.6 Å². The van der Waals surface area contributed by atoms with Crippen molar-refractivity contribution in [1.29, 1.82) is 0 Å². The third-order valence-electron chi connectivity index (χ3n) is 2.72. The van der Waals surface area contributed by atoms with Crippen LogP contribution in [0.15, 0.2) is 42.5 Å². The minimum atomic E-state index is -0.662. The van der Waals surface area contributed by atoms with Gasteiger partial charge in [-0.3, -0.25) is 5.32 Å². The highest BCUT2D eigenvalue weighted by Gasteiger charge is 2.11. The summed E-state index contributed by atoms with van der Waals surface area (Å²) in [4.78, 5) is 11.7. The molecule has 5 nitrogen and oxygen atoms in total. The fourth-order valence-corrected chi connectivity index (χ4v) is 1.87. The van der Waals surface area contributed by atoms with E-state index >= 15 is 0 Å². The molecule has 1 amide bonds. The lowest BCUT2D eigenvalue weighted by molar-refractivity contribution is 0.155. The summed E-state index contributed by atoms with van der Waals surface area (Å²) in [6, 6.07) is 12.0. The Morgan fingerprint density at radius 1 is 1.29 bits per heavy atom. The molecule has 21 heavy (non-hydrogen) atoms. The van der Waals surface area contributed by atoms with Crippen LogP contribution in [0.5, 0.6) is 11.5 Å². The van der Waals surface area contributed by atoms with Gasteiger partial charge in [-0.25, -0.2) is 4.79 Å². The number of hydrogen-bond donors (Lipinski definition) is 2. The van der Waals surface area contributed by atoms with Crippen molar-refractivity contribution in [3.63, 3.8) is 0 Å². The van der Waals surface area contributed by atoms with E-state index in [0.29, 0.717) is 0 Å². The van der Waals surface area contributed by atoms with Gasteiger partial charge in [0, 0.05) is 12.1 Å². The largest absolute Gasteiger partial charge is 0.504 e. The van der Waals surface area contributed by atoms with Gasteiger partial charge in [0.15, 0.2) is 11.5 Å². The summed E-state index contributed by atoms with van der Waals surface area (Å²) in [5, 5.41) is 12.4. The van der Waals surface area contributed by atoms with Gasteiger partial charge < -0.3 is 14.6 Å². The number of hydrogen-bond acceptors (Lipinski definition) is 4. The number of methoxy groups -OCH3 is 1.